The number of hydrogen-bond acceptors (Lipinski definition) is 7. The Kier molecular flexibility index (Phi) is 6.86. The normalized spacial score (nSPS) is 17.3. The van der Waals surface area contributed by atoms with Gasteiger partial charge >= 0.3 is 5.97 Å². The molecule has 8 heteroatoms. The van der Waals surface area contributed by atoms with Crippen LogP contribution in [0, 0.1) is 0 Å². The summed E-state index contributed by atoms with van der Waals surface area (Å²) >= 11 is 1.43. The van der Waals surface area contributed by atoms with E-state index in [0.29, 0.717) is 29.8 Å². The van der Waals surface area contributed by atoms with Crippen molar-refractivity contribution >= 4 is 34.4 Å². The molecular weight excluding hydrogens is 416 g/mol. The molecule has 0 bridgehead atoms. The Balaban J connectivity index is 1.40. The molecule has 164 valence electrons. The van der Waals surface area contributed by atoms with Crippen molar-refractivity contribution in [2.75, 3.05) is 18.1 Å². The maximum atomic E-state index is 13.2. The van der Waals surface area contributed by atoms with Crippen molar-refractivity contribution in [1.29, 1.82) is 0 Å². The van der Waals surface area contributed by atoms with E-state index in [0.717, 1.165) is 31.2 Å². The molecular formula is C23H26N2O5S. The van der Waals surface area contributed by atoms with Crippen molar-refractivity contribution in [2.24, 2.45) is 0 Å². The highest BCUT2D eigenvalue weighted by Gasteiger charge is 2.32. The number of anilines is 1. The summed E-state index contributed by atoms with van der Waals surface area (Å²) in [5.74, 6) is 0.536. The fourth-order valence-corrected chi connectivity index (χ4v) is 4.61. The SMILES string of the molecule is CC(OC(=O)/C=C/c1ccc2c(c1)OCCO2)C(=O)N(c1nccs1)C1CCCCC1. The molecule has 1 aromatic heterocycles. The number of benzene rings is 1. The molecule has 1 atom stereocenters. The minimum absolute atomic E-state index is 0.0989. The van der Waals surface area contributed by atoms with E-state index >= 15 is 0 Å². The van der Waals surface area contributed by atoms with Gasteiger partial charge in [-0.15, -0.1) is 11.3 Å². The van der Waals surface area contributed by atoms with E-state index in [1.165, 1.54) is 23.8 Å². The Bertz CT molecular complexity index is 937. The fourth-order valence-electron chi connectivity index (χ4n) is 3.89. The number of thiazole rings is 1. The first-order valence-electron chi connectivity index (χ1n) is 10.6. The lowest BCUT2D eigenvalue weighted by atomic mass is 9.94. The molecule has 1 fully saturated rings. The lowest BCUT2D eigenvalue weighted by molar-refractivity contribution is -0.149. The number of rotatable bonds is 6. The van der Waals surface area contributed by atoms with Crippen molar-refractivity contribution in [3.8, 4) is 11.5 Å². The van der Waals surface area contributed by atoms with Crippen LogP contribution in [0.25, 0.3) is 6.08 Å². The average molecular weight is 443 g/mol. The second-order valence-corrected chi connectivity index (χ2v) is 8.50. The maximum absolute atomic E-state index is 13.2. The van der Waals surface area contributed by atoms with Gasteiger partial charge in [0.25, 0.3) is 5.91 Å². The Morgan fingerprint density at radius 3 is 2.71 bits per heavy atom. The lowest BCUT2D eigenvalue weighted by Crippen LogP contribution is -2.47. The van der Waals surface area contributed by atoms with Crippen LogP contribution in [-0.4, -0.2) is 42.2 Å². The molecule has 0 saturated heterocycles. The molecule has 7 nitrogen and oxygen atoms in total. The van der Waals surface area contributed by atoms with Gasteiger partial charge in [0, 0.05) is 23.7 Å². The second-order valence-electron chi connectivity index (χ2n) is 7.63. The minimum Gasteiger partial charge on any atom is -0.486 e. The number of amides is 1. The average Bonchev–Trinajstić information content (AvgIpc) is 3.32. The van der Waals surface area contributed by atoms with Crippen molar-refractivity contribution in [2.45, 2.75) is 51.2 Å². The van der Waals surface area contributed by atoms with Gasteiger partial charge in [0.1, 0.15) is 13.2 Å². The number of esters is 1. The van der Waals surface area contributed by atoms with Gasteiger partial charge in [0.05, 0.1) is 0 Å². The van der Waals surface area contributed by atoms with Crippen molar-refractivity contribution in [3.05, 3.63) is 41.4 Å². The van der Waals surface area contributed by atoms with Gasteiger partial charge < -0.3 is 14.2 Å². The van der Waals surface area contributed by atoms with Gasteiger partial charge in [0.15, 0.2) is 22.7 Å². The molecule has 1 saturated carbocycles. The first kappa shape index (κ1) is 21.4. The monoisotopic (exact) mass is 442 g/mol. The van der Waals surface area contributed by atoms with Crippen molar-refractivity contribution < 1.29 is 23.8 Å². The van der Waals surface area contributed by atoms with E-state index in [1.54, 1.807) is 30.2 Å². The Morgan fingerprint density at radius 2 is 1.97 bits per heavy atom. The van der Waals surface area contributed by atoms with Crippen LogP contribution < -0.4 is 14.4 Å². The quantitative estimate of drug-likeness (QED) is 0.492. The molecule has 2 aliphatic rings. The van der Waals surface area contributed by atoms with Crippen LogP contribution in [0.15, 0.2) is 35.9 Å². The van der Waals surface area contributed by atoms with Crippen LogP contribution in [0.5, 0.6) is 11.5 Å². The van der Waals surface area contributed by atoms with E-state index < -0.39 is 12.1 Å². The molecule has 1 amide bonds. The van der Waals surface area contributed by atoms with Gasteiger partial charge in [-0.2, -0.15) is 0 Å². The number of carbonyl (C=O) groups is 2. The topological polar surface area (TPSA) is 78.0 Å². The number of hydrogen-bond donors (Lipinski definition) is 0. The standard InChI is InChI=1S/C23H26N2O5S/c1-16(22(27)25(23-24-11-14-31-23)18-5-3-2-4-6-18)30-21(26)10-8-17-7-9-19-20(15-17)29-13-12-28-19/h7-11,14-16,18H,2-6,12-13H2,1H3/b10-8+. The molecule has 0 spiro atoms. The zero-order valence-electron chi connectivity index (χ0n) is 17.5. The summed E-state index contributed by atoms with van der Waals surface area (Å²) < 4.78 is 16.5. The first-order chi connectivity index (χ1) is 15.1. The highest BCUT2D eigenvalue weighted by Crippen LogP contribution is 2.31. The smallest absolute Gasteiger partial charge is 0.331 e. The van der Waals surface area contributed by atoms with Gasteiger partial charge in [-0.3, -0.25) is 9.69 Å². The molecule has 2 aromatic rings. The molecule has 2 heterocycles. The summed E-state index contributed by atoms with van der Waals surface area (Å²) in [4.78, 5) is 31.6. The highest BCUT2D eigenvalue weighted by atomic mass is 32.1. The summed E-state index contributed by atoms with van der Waals surface area (Å²) in [6, 6.07) is 5.54. The molecule has 31 heavy (non-hydrogen) atoms. The van der Waals surface area contributed by atoms with Crippen LogP contribution in [0.1, 0.15) is 44.6 Å². The number of ether oxygens (including phenoxy) is 3. The van der Waals surface area contributed by atoms with Crippen molar-refractivity contribution in [3.63, 3.8) is 0 Å². The van der Waals surface area contributed by atoms with Crippen LogP contribution in [0.3, 0.4) is 0 Å². The second kappa shape index (κ2) is 9.96. The third kappa shape index (κ3) is 5.25. The summed E-state index contributed by atoms with van der Waals surface area (Å²) in [6.45, 7) is 2.64. The Morgan fingerprint density at radius 1 is 1.19 bits per heavy atom. The fraction of sp³-hybridized carbons (Fsp3) is 0.435. The van der Waals surface area contributed by atoms with Crippen molar-refractivity contribution in [1.82, 2.24) is 4.98 Å². The van der Waals surface area contributed by atoms with Gasteiger partial charge in [0.2, 0.25) is 0 Å². The van der Waals surface area contributed by atoms with Crippen LogP contribution >= 0.6 is 11.3 Å². The summed E-state index contributed by atoms with van der Waals surface area (Å²) in [6.07, 6.45) is 9.00. The number of carbonyl (C=O) groups excluding carboxylic acids is 2. The third-order valence-corrected chi connectivity index (χ3v) is 6.19. The predicted molar refractivity (Wildman–Crippen MR) is 118 cm³/mol. The first-order valence-corrected chi connectivity index (χ1v) is 11.5. The predicted octanol–water partition coefficient (Wildman–Crippen LogP) is 4.23. The number of fused-ring (bicyclic) bond motifs is 1. The van der Waals surface area contributed by atoms with Crippen LogP contribution in [-0.2, 0) is 14.3 Å². The molecule has 1 aromatic carbocycles. The third-order valence-electron chi connectivity index (χ3n) is 5.42. The number of aromatic nitrogens is 1. The van der Waals surface area contributed by atoms with Crippen LogP contribution in [0.2, 0.25) is 0 Å². The summed E-state index contributed by atoms with van der Waals surface area (Å²) in [7, 11) is 0. The highest BCUT2D eigenvalue weighted by molar-refractivity contribution is 7.13. The van der Waals surface area contributed by atoms with E-state index in [1.807, 2.05) is 17.5 Å². The van der Waals surface area contributed by atoms with Gasteiger partial charge in [-0.1, -0.05) is 25.3 Å². The van der Waals surface area contributed by atoms with Crippen LogP contribution in [0.4, 0.5) is 5.13 Å². The molecule has 0 radical (unpaired) electrons. The Labute approximate surface area is 185 Å². The molecule has 0 N–H and O–H groups in total. The Hall–Kier alpha value is -2.87. The summed E-state index contributed by atoms with van der Waals surface area (Å²) in [5, 5.41) is 2.51. The van der Waals surface area contributed by atoms with E-state index in [2.05, 4.69) is 4.98 Å². The van der Waals surface area contributed by atoms with E-state index in [4.69, 9.17) is 14.2 Å². The number of nitrogens with zero attached hydrogens (tertiary/aromatic N) is 2. The zero-order chi connectivity index (χ0) is 21.6. The molecule has 1 unspecified atom stereocenters. The molecule has 4 rings (SSSR count). The molecule has 1 aliphatic carbocycles. The largest absolute Gasteiger partial charge is 0.486 e. The zero-order valence-corrected chi connectivity index (χ0v) is 18.3. The lowest BCUT2D eigenvalue weighted by Gasteiger charge is -2.33. The van der Waals surface area contributed by atoms with E-state index in [9.17, 15) is 9.59 Å². The maximum Gasteiger partial charge on any atom is 0.331 e. The van der Waals surface area contributed by atoms with Gasteiger partial charge in [-0.05, 0) is 43.5 Å². The summed E-state index contributed by atoms with van der Waals surface area (Å²) in [5.41, 5.74) is 0.784. The minimum atomic E-state index is -0.900. The van der Waals surface area contributed by atoms with Gasteiger partial charge in [-0.25, -0.2) is 9.78 Å². The van der Waals surface area contributed by atoms with E-state index in [-0.39, 0.29) is 11.9 Å². The molecule has 1 aliphatic heterocycles.